The molecule has 2 amide bonds. The predicted molar refractivity (Wildman–Crippen MR) is 89.3 cm³/mol. The molecule has 1 aliphatic rings. The summed E-state index contributed by atoms with van der Waals surface area (Å²) in [5, 5.41) is 3.17. The Morgan fingerprint density at radius 1 is 1.05 bits per heavy atom. The maximum atomic E-state index is 12.2. The first-order valence-electron chi connectivity index (χ1n) is 6.53. The Kier molecular flexibility index (Phi) is 3.67. The summed E-state index contributed by atoms with van der Waals surface area (Å²) >= 11 is 2.22. The van der Waals surface area contributed by atoms with Gasteiger partial charge < -0.3 is 5.32 Å². The van der Waals surface area contributed by atoms with Gasteiger partial charge in [-0.25, -0.2) is 0 Å². The highest BCUT2D eigenvalue weighted by Gasteiger charge is 2.34. The molecule has 0 aliphatic carbocycles. The number of carbonyl (C=O) groups excluding carboxylic acids is 2. The molecule has 0 aromatic heterocycles. The fourth-order valence-electron chi connectivity index (χ4n) is 2.32. The second-order valence-corrected chi connectivity index (χ2v) is 6.06. The van der Waals surface area contributed by atoms with Crippen molar-refractivity contribution in [1.82, 2.24) is 4.90 Å². The molecular formula is C16H13IN2O2. The molecule has 0 atom stereocenters. The third kappa shape index (κ3) is 2.53. The third-order valence-corrected chi connectivity index (χ3v) is 4.37. The van der Waals surface area contributed by atoms with E-state index in [1.807, 2.05) is 25.1 Å². The molecule has 0 fully saturated rings. The van der Waals surface area contributed by atoms with Crippen LogP contribution in [0.15, 0.2) is 42.5 Å². The van der Waals surface area contributed by atoms with Crippen LogP contribution in [0.3, 0.4) is 0 Å². The second-order valence-electron chi connectivity index (χ2n) is 4.90. The van der Waals surface area contributed by atoms with E-state index in [9.17, 15) is 9.59 Å². The molecule has 0 unspecified atom stereocenters. The first-order valence-corrected chi connectivity index (χ1v) is 7.61. The Morgan fingerprint density at radius 2 is 1.67 bits per heavy atom. The third-order valence-electron chi connectivity index (χ3n) is 3.43. The number of anilines is 1. The predicted octanol–water partition coefficient (Wildman–Crippen LogP) is 3.27. The molecule has 2 aromatic carbocycles. The molecule has 3 rings (SSSR count). The van der Waals surface area contributed by atoms with Gasteiger partial charge in [-0.2, -0.15) is 0 Å². The number of imide groups is 1. The van der Waals surface area contributed by atoms with Crippen molar-refractivity contribution in [2.45, 2.75) is 6.92 Å². The van der Waals surface area contributed by atoms with E-state index in [4.69, 9.17) is 0 Å². The van der Waals surface area contributed by atoms with Crippen LogP contribution < -0.4 is 5.32 Å². The van der Waals surface area contributed by atoms with E-state index in [-0.39, 0.29) is 18.5 Å². The minimum absolute atomic E-state index is 0.172. The molecule has 21 heavy (non-hydrogen) atoms. The molecule has 106 valence electrons. The normalized spacial score (nSPS) is 13.5. The first-order chi connectivity index (χ1) is 10.1. The number of benzene rings is 2. The molecule has 2 aromatic rings. The van der Waals surface area contributed by atoms with Gasteiger partial charge in [-0.05, 0) is 59.3 Å². The molecule has 1 heterocycles. The van der Waals surface area contributed by atoms with Crippen molar-refractivity contribution in [3.63, 3.8) is 0 Å². The fraction of sp³-hybridized carbons (Fsp3) is 0.125. The smallest absolute Gasteiger partial charge is 0.263 e. The summed E-state index contributed by atoms with van der Waals surface area (Å²) in [4.78, 5) is 25.7. The summed E-state index contributed by atoms with van der Waals surface area (Å²) < 4.78 is 1.05. The van der Waals surface area contributed by atoms with E-state index in [0.717, 1.165) is 14.8 Å². The van der Waals surface area contributed by atoms with E-state index >= 15 is 0 Å². The molecule has 4 nitrogen and oxygen atoms in total. The van der Waals surface area contributed by atoms with Crippen molar-refractivity contribution in [1.29, 1.82) is 0 Å². The number of hydrogen-bond acceptors (Lipinski definition) is 3. The summed E-state index contributed by atoms with van der Waals surface area (Å²) in [7, 11) is 0. The molecule has 5 heteroatoms. The van der Waals surface area contributed by atoms with Gasteiger partial charge in [0.2, 0.25) is 0 Å². The maximum absolute atomic E-state index is 12.2. The van der Waals surface area contributed by atoms with E-state index in [2.05, 4.69) is 27.9 Å². The van der Waals surface area contributed by atoms with Crippen LogP contribution in [0.1, 0.15) is 26.3 Å². The summed E-state index contributed by atoms with van der Waals surface area (Å²) in [5.74, 6) is -0.489. The number of rotatable bonds is 3. The van der Waals surface area contributed by atoms with Crippen LogP contribution in [-0.4, -0.2) is 23.4 Å². The van der Waals surface area contributed by atoms with Crippen LogP contribution in [0.2, 0.25) is 0 Å². The number of fused-ring (bicyclic) bond motifs is 1. The largest absolute Gasteiger partial charge is 0.366 e. The first kappa shape index (κ1) is 14.1. The van der Waals surface area contributed by atoms with Crippen molar-refractivity contribution >= 4 is 40.1 Å². The van der Waals surface area contributed by atoms with Crippen molar-refractivity contribution in [3.05, 3.63) is 62.7 Å². The minimum Gasteiger partial charge on any atom is -0.366 e. The summed E-state index contributed by atoms with van der Waals surface area (Å²) in [6.45, 7) is 2.18. The minimum atomic E-state index is -0.245. The highest BCUT2D eigenvalue weighted by atomic mass is 127. The average molecular weight is 392 g/mol. The molecule has 1 N–H and O–H groups in total. The lowest BCUT2D eigenvalue weighted by Gasteiger charge is -2.16. The van der Waals surface area contributed by atoms with Gasteiger partial charge in [-0.3, -0.25) is 14.5 Å². The summed E-state index contributed by atoms with van der Waals surface area (Å²) in [6.07, 6.45) is 0. The number of nitrogens with one attached hydrogen (secondary N) is 1. The summed E-state index contributed by atoms with van der Waals surface area (Å²) in [5.41, 5.74) is 3.00. The van der Waals surface area contributed by atoms with Gasteiger partial charge in [0.25, 0.3) is 11.8 Å². The number of aryl methyl sites for hydroxylation is 1. The molecule has 0 radical (unpaired) electrons. The average Bonchev–Trinajstić information content (AvgIpc) is 2.73. The van der Waals surface area contributed by atoms with Crippen molar-refractivity contribution in [3.8, 4) is 0 Å². The van der Waals surface area contributed by atoms with E-state index in [1.54, 1.807) is 24.3 Å². The molecule has 0 saturated carbocycles. The van der Waals surface area contributed by atoms with Gasteiger partial charge >= 0.3 is 0 Å². The van der Waals surface area contributed by atoms with Crippen molar-refractivity contribution < 1.29 is 9.59 Å². The van der Waals surface area contributed by atoms with Crippen LogP contribution in [-0.2, 0) is 0 Å². The number of carbonyl (C=O) groups is 2. The van der Waals surface area contributed by atoms with Gasteiger partial charge in [0.05, 0.1) is 17.8 Å². The fourth-order valence-corrected chi connectivity index (χ4v) is 2.85. The SMILES string of the molecule is Cc1ccc(I)c(NCN2C(=O)c3ccccc3C2=O)c1. The topological polar surface area (TPSA) is 49.4 Å². The lowest BCUT2D eigenvalue weighted by atomic mass is 10.1. The summed E-state index contributed by atoms with van der Waals surface area (Å²) in [6, 6.07) is 12.9. The van der Waals surface area contributed by atoms with Crippen LogP contribution in [0.5, 0.6) is 0 Å². The van der Waals surface area contributed by atoms with Crippen LogP contribution in [0, 0.1) is 10.5 Å². The lowest BCUT2D eigenvalue weighted by Crippen LogP contribution is -2.34. The number of amides is 2. The van der Waals surface area contributed by atoms with Gasteiger partial charge in [0.15, 0.2) is 0 Å². The molecule has 0 saturated heterocycles. The quantitative estimate of drug-likeness (QED) is 0.645. The van der Waals surface area contributed by atoms with Crippen molar-refractivity contribution in [2.24, 2.45) is 0 Å². The lowest BCUT2D eigenvalue weighted by molar-refractivity contribution is 0.0666. The number of hydrogen-bond donors (Lipinski definition) is 1. The Bertz CT molecular complexity index is 708. The van der Waals surface area contributed by atoms with Gasteiger partial charge in [-0.1, -0.05) is 18.2 Å². The van der Waals surface area contributed by atoms with Gasteiger partial charge in [-0.15, -0.1) is 0 Å². The highest BCUT2D eigenvalue weighted by Crippen LogP contribution is 2.24. The number of nitrogens with zero attached hydrogens (tertiary/aromatic N) is 1. The Labute approximate surface area is 136 Å². The van der Waals surface area contributed by atoms with Crippen LogP contribution in [0.25, 0.3) is 0 Å². The van der Waals surface area contributed by atoms with Crippen LogP contribution >= 0.6 is 22.6 Å². The van der Waals surface area contributed by atoms with Gasteiger partial charge in [0.1, 0.15) is 0 Å². The Balaban J connectivity index is 1.80. The highest BCUT2D eigenvalue weighted by molar-refractivity contribution is 14.1. The van der Waals surface area contributed by atoms with Crippen LogP contribution in [0.4, 0.5) is 5.69 Å². The van der Waals surface area contributed by atoms with E-state index < -0.39 is 0 Å². The standard InChI is InChI=1S/C16H13IN2O2/c1-10-6-7-13(17)14(8-10)18-9-19-15(20)11-4-2-3-5-12(11)16(19)21/h2-8,18H,9H2,1H3. The maximum Gasteiger partial charge on any atom is 0.263 e. The molecule has 0 spiro atoms. The molecule has 1 aliphatic heterocycles. The zero-order valence-corrected chi connectivity index (χ0v) is 13.5. The van der Waals surface area contributed by atoms with E-state index in [0.29, 0.717) is 11.1 Å². The zero-order valence-electron chi connectivity index (χ0n) is 11.4. The second kappa shape index (κ2) is 5.48. The monoisotopic (exact) mass is 392 g/mol. The number of halogens is 1. The van der Waals surface area contributed by atoms with Gasteiger partial charge in [0, 0.05) is 9.26 Å². The Morgan fingerprint density at radius 3 is 2.29 bits per heavy atom. The zero-order chi connectivity index (χ0) is 15.0. The molecular weight excluding hydrogens is 379 g/mol. The molecule has 0 bridgehead atoms. The van der Waals surface area contributed by atoms with Crippen molar-refractivity contribution in [2.75, 3.05) is 12.0 Å². The van der Waals surface area contributed by atoms with E-state index in [1.165, 1.54) is 4.90 Å². The Hall–Kier alpha value is -1.89.